The largest absolute Gasteiger partial charge is 0.465 e. The molecule has 0 aliphatic heterocycles. The molecule has 1 N–H and O–H groups in total. The summed E-state index contributed by atoms with van der Waals surface area (Å²) < 4.78 is 30.7. The monoisotopic (exact) mass is 285 g/mol. The third-order valence-electron chi connectivity index (χ3n) is 2.52. The van der Waals surface area contributed by atoms with Gasteiger partial charge in [-0.1, -0.05) is 19.9 Å². The van der Waals surface area contributed by atoms with Crippen LogP contribution in [0.25, 0.3) is 0 Å². The van der Waals surface area contributed by atoms with E-state index >= 15 is 0 Å². The predicted molar refractivity (Wildman–Crippen MR) is 74.6 cm³/mol. The summed E-state index contributed by atoms with van der Waals surface area (Å²) in [6.07, 6.45) is 0.589. The summed E-state index contributed by atoms with van der Waals surface area (Å²) in [5.74, 6) is -0.117. The number of hydrogen-bond donors (Lipinski definition) is 1. The van der Waals surface area contributed by atoms with Gasteiger partial charge in [0, 0.05) is 5.69 Å². The van der Waals surface area contributed by atoms with Gasteiger partial charge in [-0.2, -0.15) is 0 Å². The van der Waals surface area contributed by atoms with E-state index < -0.39 is 16.0 Å². The highest BCUT2D eigenvalue weighted by Gasteiger charge is 2.13. The molecule has 0 heterocycles. The molecular formula is C13H19NO4S. The maximum Gasteiger partial charge on any atom is 0.337 e. The number of benzene rings is 1. The Bertz CT molecular complexity index is 537. The molecule has 0 bridgehead atoms. The van der Waals surface area contributed by atoms with Gasteiger partial charge in [-0.25, -0.2) is 13.2 Å². The maximum absolute atomic E-state index is 11.8. The highest BCUT2D eigenvalue weighted by Crippen LogP contribution is 2.14. The van der Waals surface area contributed by atoms with Crippen LogP contribution in [0.5, 0.6) is 0 Å². The Kier molecular flexibility index (Phi) is 5.35. The number of nitrogens with one attached hydrogen (secondary N) is 1. The average Bonchev–Trinajstić information content (AvgIpc) is 2.35. The first-order valence-corrected chi connectivity index (χ1v) is 7.68. The first kappa shape index (κ1) is 15.5. The van der Waals surface area contributed by atoms with Crippen molar-refractivity contribution in [2.45, 2.75) is 20.3 Å². The predicted octanol–water partition coefficient (Wildman–Crippen LogP) is 2.26. The van der Waals surface area contributed by atoms with E-state index in [2.05, 4.69) is 9.46 Å². The third kappa shape index (κ3) is 5.30. The second-order valence-electron chi connectivity index (χ2n) is 4.68. The van der Waals surface area contributed by atoms with Gasteiger partial charge < -0.3 is 4.74 Å². The quantitative estimate of drug-likeness (QED) is 0.814. The SMILES string of the molecule is COC(=O)c1cccc(NS(=O)(=O)CCC(C)C)c1. The zero-order valence-electron chi connectivity index (χ0n) is 11.3. The Hall–Kier alpha value is -1.56. The third-order valence-corrected chi connectivity index (χ3v) is 3.84. The van der Waals surface area contributed by atoms with E-state index in [0.29, 0.717) is 23.6 Å². The molecule has 0 aliphatic rings. The number of carbonyl (C=O) groups is 1. The molecule has 19 heavy (non-hydrogen) atoms. The van der Waals surface area contributed by atoms with Crippen molar-refractivity contribution >= 4 is 21.7 Å². The van der Waals surface area contributed by atoms with Gasteiger partial charge in [-0.3, -0.25) is 4.72 Å². The number of sulfonamides is 1. The fraction of sp³-hybridized carbons (Fsp3) is 0.462. The van der Waals surface area contributed by atoms with Gasteiger partial charge in [0.1, 0.15) is 0 Å². The van der Waals surface area contributed by atoms with E-state index in [4.69, 9.17) is 0 Å². The van der Waals surface area contributed by atoms with Crippen molar-refractivity contribution in [2.24, 2.45) is 5.92 Å². The van der Waals surface area contributed by atoms with Crippen LogP contribution in [0, 0.1) is 5.92 Å². The smallest absolute Gasteiger partial charge is 0.337 e. The van der Waals surface area contributed by atoms with Gasteiger partial charge in [-0.05, 0) is 30.5 Å². The van der Waals surface area contributed by atoms with Gasteiger partial charge in [0.2, 0.25) is 10.0 Å². The van der Waals surface area contributed by atoms with Crippen LogP contribution in [0.4, 0.5) is 5.69 Å². The fourth-order valence-corrected chi connectivity index (χ4v) is 2.82. The minimum absolute atomic E-state index is 0.0626. The molecule has 0 aromatic heterocycles. The van der Waals surface area contributed by atoms with E-state index in [0.717, 1.165) is 0 Å². The highest BCUT2D eigenvalue weighted by atomic mass is 32.2. The number of hydrogen-bond acceptors (Lipinski definition) is 4. The molecule has 106 valence electrons. The van der Waals surface area contributed by atoms with Gasteiger partial charge in [0.25, 0.3) is 0 Å². The molecule has 0 amide bonds. The van der Waals surface area contributed by atoms with Crippen LogP contribution in [-0.2, 0) is 14.8 Å². The van der Waals surface area contributed by atoms with Crippen molar-refractivity contribution < 1.29 is 17.9 Å². The van der Waals surface area contributed by atoms with Crippen molar-refractivity contribution in [1.29, 1.82) is 0 Å². The minimum Gasteiger partial charge on any atom is -0.465 e. The first-order valence-electron chi connectivity index (χ1n) is 6.03. The molecule has 0 unspecified atom stereocenters. The molecule has 1 rings (SSSR count). The average molecular weight is 285 g/mol. The molecule has 6 heteroatoms. The summed E-state index contributed by atoms with van der Waals surface area (Å²) in [6.45, 7) is 3.93. The Balaban J connectivity index is 2.79. The lowest BCUT2D eigenvalue weighted by molar-refractivity contribution is 0.0601. The number of carbonyl (C=O) groups excluding carboxylic acids is 1. The lowest BCUT2D eigenvalue weighted by atomic mass is 10.2. The standard InChI is InChI=1S/C13H19NO4S/c1-10(2)7-8-19(16,17)14-12-6-4-5-11(9-12)13(15)18-3/h4-6,9-10,14H,7-8H2,1-3H3. The maximum atomic E-state index is 11.8. The summed E-state index contributed by atoms with van der Waals surface area (Å²) in [4.78, 5) is 11.3. The van der Waals surface area contributed by atoms with Crippen molar-refractivity contribution in [3.63, 3.8) is 0 Å². The van der Waals surface area contributed by atoms with Crippen molar-refractivity contribution in [3.05, 3.63) is 29.8 Å². The molecule has 0 spiro atoms. The van der Waals surface area contributed by atoms with Crippen LogP contribution >= 0.6 is 0 Å². The molecular weight excluding hydrogens is 266 g/mol. The van der Waals surface area contributed by atoms with Crippen LogP contribution < -0.4 is 4.72 Å². The Morgan fingerprint density at radius 2 is 2.05 bits per heavy atom. The first-order chi connectivity index (χ1) is 8.84. The highest BCUT2D eigenvalue weighted by molar-refractivity contribution is 7.92. The molecule has 1 aromatic carbocycles. The van der Waals surface area contributed by atoms with Crippen molar-refractivity contribution in [2.75, 3.05) is 17.6 Å². The lowest BCUT2D eigenvalue weighted by Gasteiger charge is -2.10. The Morgan fingerprint density at radius 1 is 1.37 bits per heavy atom. The number of methoxy groups -OCH3 is 1. The van der Waals surface area contributed by atoms with E-state index in [1.165, 1.54) is 13.2 Å². The van der Waals surface area contributed by atoms with Crippen LogP contribution in [0.1, 0.15) is 30.6 Å². The summed E-state index contributed by atoms with van der Waals surface area (Å²) in [5.41, 5.74) is 0.679. The summed E-state index contributed by atoms with van der Waals surface area (Å²) in [5, 5.41) is 0. The second-order valence-corrected chi connectivity index (χ2v) is 6.52. The van der Waals surface area contributed by atoms with E-state index in [1.807, 2.05) is 13.8 Å². The van der Waals surface area contributed by atoms with Crippen molar-refractivity contribution in [3.8, 4) is 0 Å². The zero-order valence-corrected chi connectivity index (χ0v) is 12.2. The van der Waals surface area contributed by atoms with Crippen LogP contribution in [0.15, 0.2) is 24.3 Å². The van der Waals surface area contributed by atoms with E-state index in [-0.39, 0.29) is 5.75 Å². The molecule has 0 atom stereocenters. The van der Waals surface area contributed by atoms with Gasteiger partial charge >= 0.3 is 5.97 Å². The van der Waals surface area contributed by atoms with Crippen LogP contribution in [0.2, 0.25) is 0 Å². The molecule has 1 aromatic rings. The zero-order chi connectivity index (χ0) is 14.5. The van der Waals surface area contributed by atoms with Gasteiger partial charge in [0.05, 0.1) is 18.4 Å². The number of ether oxygens (including phenoxy) is 1. The number of rotatable bonds is 6. The second kappa shape index (κ2) is 6.56. The lowest BCUT2D eigenvalue weighted by Crippen LogP contribution is -2.18. The summed E-state index contributed by atoms with van der Waals surface area (Å²) in [7, 11) is -2.10. The van der Waals surface area contributed by atoms with Gasteiger partial charge in [-0.15, -0.1) is 0 Å². The molecule has 0 saturated carbocycles. The topological polar surface area (TPSA) is 72.5 Å². The molecule has 0 aliphatic carbocycles. The Morgan fingerprint density at radius 3 is 2.63 bits per heavy atom. The van der Waals surface area contributed by atoms with E-state index in [1.54, 1.807) is 18.2 Å². The molecule has 0 saturated heterocycles. The minimum atomic E-state index is -3.38. The summed E-state index contributed by atoms with van der Waals surface area (Å²) in [6, 6.07) is 6.22. The fourth-order valence-electron chi connectivity index (χ4n) is 1.45. The van der Waals surface area contributed by atoms with Crippen LogP contribution in [-0.4, -0.2) is 27.2 Å². The van der Waals surface area contributed by atoms with Crippen LogP contribution in [0.3, 0.4) is 0 Å². The Labute approximate surface area is 114 Å². The molecule has 5 nitrogen and oxygen atoms in total. The number of anilines is 1. The van der Waals surface area contributed by atoms with Crippen molar-refractivity contribution in [1.82, 2.24) is 0 Å². The van der Waals surface area contributed by atoms with Gasteiger partial charge in [0.15, 0.2) is 0 Å². The normalized spacial score (nSPS) is 11.4. The number of esters is 1. The molecule has 0 radical (unpaired) electrons. The molecule has 0 fully saturated rings. The summed E-state index contributed by atoms with van der Waals surface area (Å²) >= 11 is 0. The van der Waals surface area contributed by atoms with E-state index in [9.17, 15) is 13.2 Å².